The topological polar surface area (TPSA) is 8.81 Å². The fraction of sp³-hybridized carbons (Fsp3) is 0.182. The van der Waals surface area contributed by atoms with E-state index in [1.165, 1.54) is 9.13 Å². The maximum absolute atomic E-state index is 13.5. The Labute approximate surface area is 106 Å². The van der Waals surface area contributed by atoms with Crippen LogP contribution in [0, 0.1) is 29.1 Å². The number of benzene rings is 1. The van der Waals surface area contributed by atoms with Gasteiger partial charge in [-0.05, 0) is 0 Å². The van der Waals surface area contributed by atoms with Crippen LogP contribution in [-0.2, 0) is 14.1 Å². The molecule has 0 saturated carbocycles. The Kier molecular flexibility index (Phi) is 3.34. The van der Waals surface area contributed by atoms with Crippen molar-refractivity contribution in [1.82, 2.24) is 4.57 Å². The highest BCUT2D eigenvalue weighted by Gasteiger charge is 2.21. The average Bonchev–Trinajstić information content (AvgIpc) is 2.70. The van der Waals surface area contributed by atoms with Crippen LogP contribution < -0.4 is 15.8 Å². The van der Waals surface area contributed by atoms with Crippen LogP contribution in [0.1, 0.15) is 0 Å². The molecule has 0 saturated heterocycles. The molecule has 2 nitrogen and oxygen atoms in total. The minimum absolute atomic E-state index is 0.281. The summed E-state index contributed by atoms with van der Waals surface area (Å²) in [6.45, 7) is 0. The second kappa shape index (κ2) is 4.67. The van der Waals surface area contributed by atoms with E-state index in [2.05, 4.69) is 0 Å². The molecule has 2 rings (SSSR count). The first-order valence-electron chi connectivity index (χ1n) is 5.21. The lowest BCUT2D eigenvalue weighted by molar-refractivity contribution is -0.652. The Morgan fingerprint density at radius 2 is 1.42 bits per heavy atom. The Bertz CT molecular complexity index is 605. The number of aryl methyl sites for hydroxylation is 2. The average molecular weight is 274 g/mol. The van der Waals surface area contributed by atoms with E-state index in [0.29, 0.717) is 0 Å². The van der Waals surface area contributed by atoms with Crippen LogP contribution >= 0.6 is 0 Å². The van der Waals surface area contributed by atoms with Gasteiger partial charge in [0.25, 0.3) is 0 Å². The predicted octanol–water partition coefficient (Wildman–Crippen LogP) is 0.200. The van der Waals surface area contributed by atoms with Crippen molar-refractivity contribution < 1.29 is 26.5 Å². The molecule has 8 heteroatoms. The summed E-state index contributed by atoms with van der Waals surface area (Å²) < 4.78 is 68.9. The van der Waals surface area contributed by atoms with E-state index < -0.39 is 34.5 Å². The number of hydrogen-bond acceptors (Lipinski definition) is 0. The van der Waals surface area contributed by atoms with Crippen molar-refractivity contribution >= 4 is 18.5 Å². The fourth-order valence-electron chi connectivity index (χ4n) is 1.68. The van der Waals surface area contributed by atoms with Gasteiger partial charge in [0, 0.05) is 5.72 Å². The van der Waals surface area contributed by atoms with Crippen molar-refractivity contribution in [2.75, 3.05) is 0 Å². The molecule has 1 aromatic carbocycles. The SMILES string of the molecule is Cn1cc[n+](C)c1[B-]c1c(F)c(F)c(F)c(F)c1F. The summed E-state index contributed by atoms with van der Waals surface area (Å²) in [6.07, 6.45) is 3.16. The third kappa shape index (κ3) is 2.11. The second-order valence-electron chi connectivity index (χ2n) is 4.01. The van der Waals surface area contributed by atoms with Crippen LogP contribution in [0.2, 0.25) is 0 Å². The van der Waals surface area contributed by atoms with E-state index in [0.717, 1.165) is 7.28 Å². The molecule has 2 aromatic rings. The second-order valence-corrected chi connectivity index (χ2v) is 4.01. The first-order chi connectivity index (χ1) is 8.84. The monoisotopic (exact) mass is 274 g/mol. The minimum atomic E-state index is -2.16. The zero-order valence-corrected chi connectivity index (χ0v) is 10.0. The van der Waals surface area contributed by atoms with Crippen molar-refractivity contribution in [3.63, 3.8) is 0 Å². The zero-order valence-electron chi connectivity index (χ0n) is 10.0. The normalized spacial score (nSPS) is 11.1. The highest BCUT2D eigenvalue weighted by Crippen LogP contribution is 2.15. The summed E-state index contributed by atoms with van der Waals surface area (Å²) >= 11 is 0. The summed E-state index contributed by atoms with van der Waals surface area (Å²) in [5.41, 5.74) is -0.683. The molecule has 0 aliphatic carbocycles. The predicted molar refractivity (Wildman–Crippen MR) is 57.8 cm³/mol. The highest BCUT2D eigenvalue weighted by atomic mass is 19.2. The Balaban J connectivity index is 2.58. The molecular formula is C11H8BF5N2. The van der Waals surface area contributed by atoms with Crippen LogP contribution in [-0.4, -0.2) is 11.8 Å². The molecule has 0 N–H and O–H groups in total. The summed E-state index contributed by atoms with van der Waals surface area (Å²) in [5.74, 6) is -9.78. The van der Waals surface area contributed by atoms with Crippen LogP contribution in [0.4, 0.5) is 22.0 Å². The van der Waals surface area contributed by atoms with Crippen molar-refractivity contribution in [2.24, 2.45) is 14.1 Å². The summed E-state index contributed by atoms with van der Waals surface area (Å²) in [6, 6.07) is 0. The van der Waals surface area contributed by atoms with Crippen LogP contribution in [0.5, 0.6) is 0 Å². The molecule has 0 spiro atoms. The molecule has 1 aromatic heterocycles. The maximum atomic E-state index is 13.5. The van der Waals surface area contributed by atoms with Gasteiger partial charge in [0.15, 0.2) is 17.5 Å². The number of rotatable bonds is 2. The number of halogens is 5. The molecule has 0 amide bonds. The molecule has 0 bridgehead atoms. The third-order valence-corrected chi connectivity index (χ3v) is 2.75. The molecular weight excluding hydrogens is 266 g/mol. The molecule has 0 unspecified atom stereocenters. The minimum Gasteiger partial charge on any atom is -0.280 e. The summed E-state index contributed by atoms with van der Waals surface area (Å²) in [4.78, 5) is 0. The van der Waals surface area contributed by atoms with Gasteiger partial charge in [-0.25, -0.2) is 22.0 Å². The van der Waals surface area contributed by atoms with Crippen molar-refractivity contribution in [2.45, 2.75) is 0 Å². The standard InChI is InChI=1S/C11H8BF5N2/c1-18-3-4-19(2)11(18)12-5-6(13)8(15)10(17)9(16)7(5)14/h3-4H,1-2H3. The van der Waals surface area contributed by atoms with Gasteiger partial charge in [-0.3, -0.25) is 9.13 Å². The molecule has 1 heterocycles. The van der Waals surface area contributed by atoms with Crippen LogP contribution in [0.3, 0.4) is 0 Å². The van der Waals surface area contributed by atoms with E-state index >= 15 is 0 Å². The van der Waals surface area contributed by atoms with E-state index in [-0.39, 0.29) is 5.72 Å². The van der Waals surface area contributed by atoms with Gasteiger partial charge in [-0.1, -0.05) is 0 Å². The quantitative estimate of drug-likeness (QED) is 0.243. The van der Waals surface area contributed by atoms with Crippen molar-refractivity contribution in [3.05, 3.63) is 41.5 Å². The van der Waals surface area contributed by atoms with E-state index in [1.54, 1.807) is 26.5 Å². The molecule has 0 fully saturated rings. The first kappa shape index (κ1) is 13.6. The smallest absolute Gasteiger partial charge is 0.200 e. The van der Waals surface area contributed by atoms with Crippen LogP contribution in [0.15, 0.2) is 12.4 Å². The first-order valence-corrected chi connectivity index (χ1v) is 5.21. The van der Waals surface area contributed by atoms with Gasteiger partial charge >= 0.3 is 0 Å². The molecule has 19 heavy (non-hydrogen) atoms. The fourth-order valence-corrected chi connectivity index (χ4v) is 1.68. The lowest BCUT2D eigenvalue weighted by Gasteiger charge is -2.17. The van der Waals surface area contributed by atoms with E-state index in [4.69, 9.17) is 0 Å². The highest BCUT2D eigenvalue weighted by molar-refractivity contribution is 6.65. The van der Waals surface area contributed by atoms with Gasteiger partial charge in [0.05, 0.1) is 14.1 Å². The Morgan fingerprint density at radius 1 is 0.947 bits per heavy atom. The Morgan fingerprint density at radius 3 is 1.84 bits per heavy atom. The Hall–Kier alpha value is -1.86. The summed E-state index contributed by atoms with van der Waals surface area (Å²) in [7, 11) is 4.06. The summed E-state index contributed by atoms with van der Waals surface area (Å²) in [5, 5.41) is 0. The van der Waals surface area contributed by atoms with Gasteiger partial charge < -0.3 is 0 Å². The number of nitrogens with zero attached hydrogens (tertiary/aromatic N) is 2. The molecule has 2 radical (unpaired) electrons. The third-order valence-electron chi connectivity index (χ3n) is 2.75. The van der Waals surface area contributed by atoms with Crippen LogP contribution in [0.25, 0.3) is 0 Å². The van der Waals surface area contributed by atoms with Crippen molar-refractivity contribution in [1.29, 1.82) is 0 Å². The molecule has 0 aliphatic heterocycles. The van der Waals surface area contributed by atoms with E-state index in [1.807, 2.05) is 0 Å². The largest absolute Gasteiger partial charge is 0.280 e. The van der Waals surface area contributed by atoms with Gasteiger partial charge in [0.2, 0.25) is 0 Å². The zero-order chi connectivity index (χ0) is 14.3. The molecule has 0 aliphatic rings. The molecule has 0 atom stereocenters. The van der Waals surface area contributed by atoms with Crippen molar-refractivity contribution in [3.8, 4) is 0 Å². The lowest BCUT2D eigenvalue weighted by atomic mass is 9.68. The number of imidazole rings is 1. The maximum Gasteiger partial charge on any atom is 0.200 e. The lowest BCUT2D eigenvalue weighted by Crippen LogP contribution is -2.54. The van der Waals surface area contributed by atoms with Gasteiger partial charge in [0.1, 0.15) is 24.0 Å². The number of aromatic nitrogens is 2. The van der Waals surface area contributed by atoms with Gasteiger partial charge in [-0.2, -0.15) is 5.46 Å². The molecule has 100 valence electrons. The number of hydrogen-bond donors (Lipinski definition) is 0. The van der Waals surface area contributed by atoms with Gasteiger partial charge in [-0.15, -0.1) is 7.28 Å². The van der Waals surface area contributed by atoms with E-state index in [9.17, 15) is 22.0 Å².